The smallest absolute Gasteiger partial charge is 0.255 e. The summed E-state index contributed by atoms with van der Waals surface area (Å²) in [5, 5.41) is 8.74. The zero-order chi connectivity index (χ0) is 13.5. The SMILES string of the molecule is CCN(CC)C(=O)c1cc(C)ccc1C#CCO. The predicted octanol–water partition coefficient (Wildman–Crippen LogP) is 1.82. The first-order valence-corrected chi connectivity index (χ1v) is 6.13. The quantitative estimate of drug-likeness (QED) is 0.825. The maximum atomic E-state index is 12.3. The van der Waals surface area contributed by atoms with Crippen molar-refractivity contribution in [1.29, 1.82) is 0 Å². The number of hydrogen-bond donors (Lipinski definition) is 1. The van der Waals surface area contributed by atoms with Gasteiger partial charge < -0.3 is 10.0 Å². The van der Waals surface area contributed by atoms with Crippen molar-refractivity contribution < 1.29 is 9.90 Å². The number of nitrogens with zero attached hydrogens (tertiary/aromatic N) is 1. The van der Waals surface area contributed by atoms with Crippen LogP contribution in [0.5, 0.6) is 0 Å². The lowest BCUT2D eigenvalue weighted by molar-refractivity contribution is 0.0772. The first-order valence-electron chi connectivity index (χ1n) is 6.13. The van der Waals surface area contributed by atoms with Gasteiger partial charge in [0, 0.05) is 18.7 Å². The maximum absolute atomic E-state index is 12.3. The lowest BCUT2D eigenvalue weighted by Crippen LogP contribution is -2.31. The van der Waals surface area contributed by atoms with Crippen molar-refractivity contribution in [3.05, 3.63) is 34.9 Å². The molecule has 0 aliphatic rings. The van der Waals surface area contributed by atoms with E-state index < -0.39 is 0 Å². The zero-order valence-corrected chi connectivity index (χ0v) is 11.2. The first-order chi connectivity index (χ1) is 8.63. The Hall–Kier alpha value is -1.79. The number of aliphatic hydroxyl groups excluding tert-OH is 1. The number of amides is 1. The molecule has 0 heterocycles. The van der Waals surface area contributed by atoms with Crippen molar-refractivity contribution in [3.63, 3.8) is 0 Å². The van der Waals surface area contributed by atoms with Crippen LogP contribution in [0.25, 0.3) is 0 Å². The molecule has 3 nitrogen and oxygen atoms in total. The van der Waals surface area contributed by atoms with Crippen LogP contribution < -0.4 is 0 Å². The molecule has 0 radical (unpaired) electrons. The molecule has 0 unspecified atom stereocenters. The Morgan fingerprint density at radius 1 is 1.33 bits per heavy atom. The molecule has 0 aromatic heterocycles. The number of hydrogen-bond acceptors (Lipinski definition) is 2. The van der Waals surface area contributed by atoms with Gasteiger partial charge in [-0.1, -0.05) is 23.5 Å². The molecule has 1 N–H and O–H groups in total. The van der Waals surface area contributed by atoms with Gasteiger partial charge in [0.25, 0.3) is 5.91 Å². The van der Waals surface area contributed by atoms with Gasteiger partial charge in [-0.3, -0.25) is 4.79 Å². The highest BCUT2D eigenvalue weighted by Crippen LogP contribution is 2.13. The average Bonchev–Trinajstić information content (AvgIpc) is 2.38. The molecule has 0 spiro atoms. The third-order valence-corrected chi connectivity index (χ3v) is 2.76. The van der Waals surface area contributed by atoms with E-state index in [-0.39, 0.29) is 12.5 Å². The summed E-state index contributed by atoms with van der Waals surface area (Å²) in [6.45, 7) is 7.01. The van der Waals surface area contributed by atoms with E-state index in [4.69, 9.17) is 5.11 Å². The Morgan fingerprint density at radius 2 is 2.00 bits per heavy atom. The molecule has 0 bridgehead atoms. The Balaban J connectivity index is 3.20. The van der Waals surface area contributed by atoms with E-state index in [1.54, 1.807) is 4.90 Å². The van der Waals surface area contributed by atoms with Gasteiger partial charge in [0.1, 0.15) is 6.61 Å². The molecule has 1 aromatic rings. The lowest BCUT2D eigenvalue weighted by atomic mass is 10.0. The van der Waals surface area contributed by atoms with Crippen molar-refractivity contribution in [3.8, 4) is 11.8 Å². The van der Waals surface area contributed by atoms with Gasteiger partial charge in [0.2, 0.25) is 0 Å². The topological polar surface area (TPSA) is 40.5 Å². The number of carbonyl (C=O) groups excluding carboxylic acids is 1. The van der Waals surface area contributed by atoms with Crippen LogP contribution in [0.15, 0.2) is 18.2 Å². The molecule has 1 aromatic carbocycles. The van der Waals surface area contributed by atoms with Gasteiger partial charge >= 0.3 is 0 Å². The fourth-order valence-electron chi connectivity index (χ4n) is 1.76. The van der Waals surface area contributed by atoms with Gasteiger partial charge in [0.15, 0.2) is 0 Å². The van der Waals surface area contributed by atoms with Gasteiger partial charge in [-0.15, -0.1) is 0 Å². The van der Waals surface area contributed by atoms with Crippen molar-refractivity contribution in [1.82, 2.24) is 4.90 Å². The van der Waals surface area contributed by atoms with Crippen LogP contribution in [0.2, 0.25) is 0 Å². The molecule has 96 valence electrons. The molecular formula is C15H19NO2. The number of rotatable bonds is 3. The van der Waals surface area contributed by atoms with E-state index in [0.29, 0.717) is 24.2 Å². The molecule has 0 aliphatic carbocycles. The molecule has 0 fully saturated rings. The van der Waals surface area contributed by atoms with Crippen LogP contribution in [-0.2, 0) is 0 Å². The van der Waals surface area contributed by atoms with Crippen LogP contribution >= 0.6 is 0 Å². The summed E-state index contributed by atoms with van der Waals surface area (Å²) in [6, 6.07) is 5.59. The third-order valence-electron chi connectivity index (χ3n) is 2.76. The second kappa shape index (κ2) is 6.83. The Bertz CT molecular complexity index is 479. The number of aryl methyl sites for hydroxylation is 1. The van der Waals surface area contributed by atoms with E-state index >= 15 is 0 Å². The van der Waals surface area contributed by atoms with Crippen LogP contribution in [0.4, 0.5) is 0 Å². The molecular weight excluding hydrogens is 226 g/mol. The minimum atomic E-state index is -0.202. The summed E-state index contributed by atoms with van der Waals surface area (Å²) in [5.74, 6) is 5.41. The summed E-state index contributed by atoms with van der Waals surface area (Å²) >= 11 is 0. The van der Waals surface area contributed by atoms with Crippen molar-refractivity contribution >= 4 is 5.91 Å². The Morgan fingerprint density at radius 3 is 2.56 bits per heavy atom. The fourth-order valence-corrected chi connectivity index (χ4v) is 1.76. The van der Waals surface area contributed by atoms with Gasteiger partial charge in [-0.25, -0.2) is 0 Å². The lowest BCUT2D eigenvalue weighted by Gasteiger charge is -2.19. The largest absolute Gasteiger partial charge is 0.384 e. The fraction of sp³-hybridized carbons (Fsp3) is 0.400. The van der Waals surface area contributed by atoms with E-state index in [1.807, 2.05) is 39.0 Å². The van der Waals surface area contributed by atoms with Gasteiger partial charge in [0.05, 0.1) is 5.56 Å². The van der Waals surface area contributed by atoms with E-state index in [1.165, 1.54) is 0 Å². The average molecular weight is 245 g/mol. The van der Waals surface area contributed by atoms with Crippen LogP contribution in [-0.4, -0.2) is 35.6 Å². The van der Waals surface area contributed by atoms with Crippen LogP contribution in [0, 0.1) is 18.8 Å². The third kappa shape index (κ3) is 3.35. The molecule has 0 atom stereocenters. The van der Waals surface area contributed by atoms with E-state index in [0.717, 1.165) is 5.56 Å². The summed E-state index contributed by atoms with van der Waals surface area (Å²) in [6.07, 6.45) is 0. The first kappa shape index (κ1) is 14.3. The summed E-state index contributed by atoms with van der Waals surface area (Å²) in [5.41, 5.74) is 2.31. The predicted molar refractivity (Wildman–Crippen MR) is 72.4 cm³/mol. The van der Waals surface area contributed by atoms with Crippen molar-refractivity contribution in [2.45, 2.75) is 20.8 Å². The molecule has 0 saturated carbocycles. The minimum Gasteiger partial charge on any atom is -0.384 e. The van der Waals surface area contributed by atoms with E-state index in [9.17, 15) is 4.79 Å². The second-order valence-electron chi connectivity index (χ2n) is 3.99. The Kier molecular flexibility index (Phi) is 5.41. The summed E-state index contributed by atoms with van der Waals surface area (Å²) < 4.78 is 0. The summed E-state index contributed by atoms with van der Waals surface area (Å²) in [4.78, 5) is 14.1. The highest BCUT2D eigenvalue weighted by Gasteiger charge is 2.15. The molecule has 1 rings (SSSR count). The number of carbonyl (C=O) groups is 1. The van der Waals surface area contributed by atoms with Gasteiger partial charge in [-0.05, 0) is 32.9 Å². The normalized spacial score (nSPS) is 9.56. The second-order valence-corrected chi connectivity index (χ2v) is 3.99. The van der Waals surface area contributed by atoms with Gasteiger partial charge in [-0.2, -0.15) is 0 Å². The van der Waals surface area contributed by atoms with Crippen LogP contribution in [0.1, 0.15) is 35.3 Å². The van der Waals surface area contributed by atoms with Crippen molar-refractivity contribution in [2.24, 2.45) is 0 Å². The molecule has 1 amide bonds. The maximum Gasteiger partial charge on any atom is 0.255 e. The minimum absolute atomic E-state index is 0.00839. The highest BCUT2D eigenvalue weighted by atomic mass is 16.2. The Labute approximate surface area is 108 Å². The van der Waals surface area contributed by atoms with Crippen molar-refractivity contribution in [2.75, 3.05) is 19.7 Å². The number of benzene rings is 1. The number of aliphatic hydroxyl groups is 1. The van der Waals surface area contributed by atoms with E-state index in [2.05, 4.69) is 11.8 Å². The monoisotopic (exact) mass is 245 g/mol. The molecule has 3 heteroatoms. The summed E-state index contributed by atoms with van der Waals surface area (Å²) in [7, 11) is 0. The standard InChI is InChI=1S/C15H19NO2/c1-4-16(5-2)15(18)14-11-12(3)8-9-13(14)7-6-10-17/h8-9,11,17H,4-5,10H2,1-3H3. The zero-order valence-electron chi connectivity index (χ0n) is 11.2. The van der Waals surface area contributed by atoms with Crippen LogP contribution in [0.3, 0.4) is 0 Å². The molecule has 0 aliphatic heterocycles. The molecule has 18 heavy (non-hydrogen) atoms. The highest BCUT2D eigenvalue weighted by molar-refractivity contribution is 5.97. The molecule has 0 saturated heterocycles.